The highest BCUT2D eigenvalue weighted by Gasteiger charge is 2.20. The molecule has 0 bridgehead atoms. The SMILES string of the molecule is c1ccc(-n2c3cc(-c4ccc5c(c4)c4ccc6c7ccccc7c7ccccc7c6c4n5-c4ccccc4)ccc3c3c4ccccc4ccc32)cc1. The molecule has 0 saturated heterocycles. The molecule has 0 atom stereocenters. The van der Waals surface area contributed by atoms with E-state index in [1.807, 2.05) is 0 Å². The van der Waals surface area contributed by atoms with Gasteiger partial charge in [-0.1, -0.05) is 146 Å². The molecular formula is C52H32N2. The molecule has 0 unspecified atom stereocenters. The molecule has 250 valence electrons. The zero-order chi connectivity index (χ0) is 35.3. The zero-order valence-electron chi connectivity index (χ0n) is 29.4. The van der Waals surface area contributed by atoms with Gasteiger partial charge in [0.2, 0.25) is 0 Å². The monoisotopic (exact) mass is 684 g/mol. The molecule has 0 amide bonds. The van der Waals surface area contributed by atoms with Gasteiger partial charge in [-0.05, 0) is 97.4 Å². The molecule has 0 aliphatic rings. The van der Waals surface area contributed by atoms with E-state index >= 15 is 0 Å². The first-order valence-electron chi connectivity index (χ1n) is 18.7. The zero-order valence-corrected chi connectivity index (χ0v) is 29.4. The van der Waals surface area contributed by atoms with Gasteiger partial charge in [-0.2, -0.15) is 0 Å². The van der Waals surface area contributed by atoms with Crippen LogP contribution in [0.15, 0.2) is 194 Å². The van der Waals surface area contributed by atoms with Crippen molar-refractivity contribution in [2.45, 2.75) is 0 Å². The number of aromatic nitrogens is 2. The van der Waals surface area contributed by atoms with Crippen molar-refractivity contribution in [3.8, 4) is 22.5 Å². The quantitative estimate of drug-likeness (QED) is 0.164. The predicted octanol–water partition coefficient (Wildman–Crippen LogP) is 14.2. The third-order valence-electron chi connectivity index (χ3n) is 11.7. The fraction of sp³-hybridized carbons (Fsp3) is 0. The maximum absolute atomic E-state index is 2.49. The summed E-state index contributed by atoms with van der Waals surface area (Å²) in [5, 5.41) is 15.3. The molecule has 0 radical (unpaired) electrons. The largest absolute Gasteiger partial charge is 0.309 e. The first-order valence-corrected chi connectivity index (χ1v) is 18.7. The minimum absolute atomic E-state index is 1.16. The molecule has 2 nitrogen and oxygen atoms in total. The van der Waals surface area contributed by atoms with Crippen LogP contribution in [0.3, 0.4) is 0 Å². The summed E-state index contributed by atoms with van der Waals surface area (Å²) in [6.07, 6.45) is 0. The van der Waals surface area contributed by atoms with Gasteiger partial charge < -0.3 is 9.13 Å². The Morgan fingerprint density at radius 3 is 1.52 bits per heavy atom. The molecule has 12 aromatic rings. The minimum Gasteiger partial charge on any atom is -0.309 e. The van der Waals surface area contributed by atoms with Gasteiger partial charge in [0.05, 0.1) is 22.1 Å². The summed E-state index contributed by atoms with van der Waals surface area (Å²) in [5.41, 5.74) is 9.62. The molecule has 12 rings (SSSR count). The summed E-state index contributed by atoms with van der Waals surface area (Å²) in [6.45, 7) is 0. The molecule has 2 heteroatoms. The minimum atomic E-state index is 1.16. The van der Waals surface area contributed by atoms with Crippen molar-refractivity contribution in [3.05, 3.63) is 194 Å². The Bertz CT molecular complexity index is 3440. The van der Waals surface area contributed by atoms with Crippen LogP contribution in [0.25, 0.3) is 109 Å². The van der Waals surface area contributed by atoms with Crippen molar-refractivity contribution in [2.75, 3.05) is 0 Å². The van der Waals surface area contributed by atoms with Gasteiger partial charge in [0, 0.05) is 38.3 Å². The van der Waals surface area contributed by atoms with Crippen molar-refractivity contribution < 1.29 is 0 Å². The molecule has 10 aromatic carbocycles. The van der Waals surface area contributed by atoms with Gasteiger partial charge in [-0.25, -0.2) is 0 Å². The standard InChI is InChI=1S/C52H32N2/c1-3-14-36(15-4-1)53-48-30-24-33-13-7-8-18-38(33)50(48)45-26-23-35(32-49(45)53)34-25-29-47-46(31-34)44-28-27-43-41-21-10-9-19-39(41)40-20-11-12-22-42(40)51(43)52(44)54(47)37-16-5-2-6-17-37/h1-32H. The summed E-state index contributed by atoms with van der Waals surface area (Å²) in [5.74, 6) is 0. The first-order chi connectivity index (χ1) is 26.8. The van der Waals surface area contributed by atoms with Crippen LogP contribution in [0.1, 0.15) is 0 Å². The topological polar surface area (TPSA) is 9.86 Å². The number of hydrogen-bond donors (Lipinski definition) is 0. The van der Waals surface area contributed by atoms with E-state index in [2.05, 4.69) is 203 Å². The molecule has 0 fully saturated rings. The maximum Gasteiger partial charge on any atom is 0.0625 e. The van der Waals surface area contributed by atoms with Gasteiger partial charge in [0.1, 0.15) is 0 Å². The van der Waals surface area contributed by atoms with E-state index < -0.39 is 0 Å². The lowest BCUT2D eigenvalue weighted by molar-refractivity contribution is 1.18. The van der Waals surface area contributed by atoms with Crippen LogP contribution >= 0.6 is 0 Å². The second-order valence-electron chi connectivity index (χ2n) is 14.5. The van der Waals surface area contributed by atoms with Crippen LogP contribution in [0.4, 0.5) is 0 Å². The second kappa shape index (κ2) is 11.2. The number of fused-ring (bicyclic) bond motifs is 15. The highest BCUT2D eigenvalue weighted by Crippen LogP contribution is 2.44. The van der Waals surface area contributed by atoms with E-state index in [0.717, 1.165) is 11.4 Å². The van der Waals surface area contributed by atoms with E-state index in [0.29, 0.717) is 0 Å². The van der Waals surface area contributed by atoms with E-state index in [9.17, 15) is 0 Å². The van der Waals surface area contributed by atoms with Crippen LogP contribution < -0.4 is 0 Å². The Morgan fingerprint density at radius 1 is 0.259 bits per heavy atom. The Kier molecular flexibility index (Phi) is 6.09. The summed E-state index contributed by atoms with van der Waals surface area (Å²) in [7, 11) is 0. The summed E-state index contributed by atoms with van der Waals surface area (Å²) < 4.78 is 4.92. The number of hydrogen-bond acceptors (Lipinski definition) is 0. The summed E-state index contributed by atoms with van der Waals surface area (Å²) in [6, 6.07) is 71.5. The molecule has 0 N–H and O–H groups in total. The third-order valence-corrected chi connectivity index (χ3v) is 11.7. The summed E-state index contributed by atoms with van der Waals surface area (Å²) >= 11 is 0. The molecule has 0 spiro atoms. The predicted molar refractivity (Wildman–Crippen MR) is 231 cm³/mol. The van der Waals surface area contributed by atoms with Gasteiger partial charge >= 0.3 is 0 Å². The molecule has 0 aliphatic carbocycles. The van der Waals surface area contributed by atoms with Gasteiger partial charge in [-0.3, -0.25) is 0 Å². The van der Waals surface area contributed by atoms with Crippen LogP contribution in [-0.2, 0) is 0 Å². The number of rotatable bonds is 3. The smallest absolute Gasteiger partial charge is 0.0625 e. The lowest BCUT2D eigenvalue weighted by atomic mass is 9.92. The molecule has 2 heterocycles. The number of para-hydroxylation sites is 2. The van der Waals surface area contributed by atoms with Gasteiger partial charge in [-0.15, -0.1) is 0 Å². The molecule has 0 aliphatic heterocycles. The Morgan fingerprint density at radius 2 is 0.778 bits per heavy atom. The van der Waals surface area contributed by atoms with Crippen molar-refractivity contribution in [2.24, 2.45) is 0 Å². The first kappa shape index (κ1) is 29.4. The van der Waals surface area contributed by atoms with Crippen molar-refractivity contribution in [1.29, 1.82) is 0 Å². The third kappa shape index (κ3) is 4.05. The molecular weight excluding hydrogens is 653 g/mol. The van der Waals surface area contributed by atoms with E-state index in [-0.39, 0.29) is 0 Å². The summed E-state index contributed by atoms with van der Waals surface area (Å²) in [4.78, 5) is 0. The second-order valence-corrected chi connectivity index (χ2v) is 14.5. The van der Waals surface area contributed by atoms with Crippen molar-refractivity contribution in [1.82, 2.24) is 9.13 Å². The van der Waals surface area contributed by atoms with Crippen LogP contribution in [0.2, 0.25) is 0 Å². The molecule has 2 aromatic heterocycles. The number of benzene rings is 10. The van der Waals surface area contributed by atoms with E-state index in [1.54, 1.807) is 0 Å². The van der Waals surface area contributed by atoms with Crippen LogP contribution in [-0.4, -0.2) is 9.13 Å². The Hall–Kier alpha value is -7.16. The van der Waals surface area contributed by atoms with E-state index in [4.69, 9.17) is 0 Å². The maximum atomic E-state index is 2.49. The Labute approximate surface area is 311 Å². The highest BCUT2D eigenvalue weighted by molar-refractivity contribution is 6.33. The normalized spacial score (nSPS) is 12.1. The fourth-order valence-corrected chi connectivity index (χ4v) is 9.34. The average Bonchev–Trinajstić information content (AvgIpc) is 3.77. The fourth-order valence-electron chi connectivity index (χ4n) is 9.34. The molecule has 0 saturated carbocycles. The Balaban J connectivity index is 1.17. The van der Waals surface area contributed by atoms with E-state index in [1.165, 1.54) is 97.8 Å². The van der Waals surface area contributed by atoms with Crippen LogP contribution in [0, 0.1) is 0 Å². The lowest BCUT2D eigenvalue weighted by Crippen LogP contribution is -1.95. The van der Waals surface area contributed by atoms with Crippen LogP contribution in [0.5, 0.6) is 0 Å². The van der Waals surface area contributed by atoms with Gasteiger partial charge in [0.15, 0.2) is 0 Å². The van der Waals surface area contributed by atoms with Crippen molar-refractivity contribution in [3.63, 3.8) is 0 Å². The lowest BCUT2D eigenvalue weighted by Gasteiger charge is -2.14. The molecule has 54 heavy (non-hydrogen) atoms. The van der Waals surface area contributed by atoms with Gasteiger partial charge in [0.25, 0.3) is 0 Å². The van der Waals surface area contributed by atoms with Crippen molar-refractivity contribution >= 4 is 86.7 Å². The average molecular weight is 685 g/mol. The highest BCUT2D eigenvalue weighted by atomic mass is 15.0. The number of nitrogens with zero attached hydrogens (tertiary/aromatic N) is 2.